The Morgan fingerprint density at radius 2 is 2.31 bits per heavy atom. The zero-order valence-electron chi connectivity index (χ0n) is 7.10. The fourth-order valence-corrected chi connectivity index (χ4v) is 1.36. The molecule has 66 valence electrons. The van der Waals surface area contributed by atoms with Gasteiger partial charge >= 0.3 is 0 Å². The number of hydrogen-bond acceptors (Lipinski definition) is 4. The Kier molecular flexibility index (Phi) is 2.31. The number of furan rings is 1. The fourth-order valence-electron chi connectivity index (χ4n) is 1.00. The highest BCUT2D eigenvalue weighted by molar-refractivity contribution is 7.98. The molecule has 4 heteroatoms. The Morgan fingerprint density at radius 1 is 1.38 bits per heavy atom. The molecule has 0 fully saturated rings. The summed E-state index contributed by atoms with van der Waals surface area (Å²) in [6.07, 6.45) is 5.31. The van der Waals surface area contributed by atoms with E-state index in [2.05, 4.69) is 9.97 Å². The topological polar surface area (TPSA) is 38.9 Å². The summed E-state index contributed by atoms with van der Waals surface area (Å²) in [5.74, 6) is 0.776. The third kappa shape index (κ3) is 1.72. The Hall–Kier alpha value is -1.29. The van der Waals surface area contributed by atoms with E-state index in [0.717, 1.165) is 16.6 Å². The van der Waals surface area contributed by atoms with E-state index >= 15 is 0 Å². The van der Waals surface area contributed by atoms with Crippen molar-refractivity contribution in [2.75, 3.05) is 6.26 Å². The van der Waals surface area contributed by atoms with E-state index in [0.29, 0.717) is 0 Å². The molecule has 0 aliphatic heterocycles. The predicted molar refractivity (Wildman–Crippen MR) is 51.5 cm³/mol. The maximum atomic E-state index is 5.22. The van der Waals surface area contributed by atoms with Gasteiger partial charge in [0.1, 0.15) is 5.69 Å². The molecule has 0 N–H and O–H groups in total. The molecule has 0 saturated heterocycles. The molecule has 0 bridgehead atoms. The second-order valence-corrected chi connectivity index (χ2v) is 3.18. The van der Waals surface area contributed by atoms with E-state index in [1.165, 1.54) is 11.8 Å². The largest absolute Gasteiger partial charge is 0.463 e. The van der Waals surface area contributed by atoms with Crippen LogP contribution < -0.4 is 0 Å². The second kappa shape index (κ2) is 3.62. The van der Waals surface area contributed by atoms with Gasteiger partial charge in [-0.15, -0.1) is 0 Å². The van der Waals surface area contributed by atoms with Crippen LogP contribution in [-0.2, 0) is 0 Å². The molecular weight excluding hydrogens is 184 g/mol. The van der Waals surface area contributed by atoms with Crippen molar-refractivity contribution in [2.45, 2.75) is 5.16 Å². The van der Waals surface area contributed by atoms with Crippen LogP contribution in [0.4, 0.5) is 0 Å². The standard InChI is InChI=1S/C9H8N2OS/c1-13-9-10-5-4-7(11-9)8-3-2-6-12-8/h2-6H,1H3. The summed E-state index contributed by atoms with van der Waals surface area (Å²) in [4.78, 5) is 8.37. The molecule has 0 aromatic carbocycles. The molecule has 2 aromatic rings. The molecule has 2 rings (SSSR count). The molecule has 0 unspecified atom stereocenters. The average Bonchev–Trinajstić information content (AvgIpc) is 2.71. The lowest BCUT2D eigenvalue weighted by Gasteiger charge is -1.97. The number of hydrogen-bond donors (Lipinski definition) is 0. The summed E-state index contributed by atoms with van der Waals surface area (Å²) in [6.45, 7) is 0. The van der Waals surface area contributed by atoms with E-state index in [4.69, 9.17) is 4.42 Å². The van der Waals surface area contributed by atoms with Crippen LogP contribution in [0.5, 0.6) is 0 Å². The Balaban J connectivity index is 2.41. The third-order valence-electron chi connectivity index (χ3n) is 1.59. The molecule has 3 nitrogen and oxygen atoms in total. The summed E-state index contributed by atoms with van der Waals surface area (Å²) < 4.78 is 5.22. The van der Waals surface area contributed by atoms with E-state index < -0.39 is 0 Å². The molecule has 0 atom stereocenters. The van der Waals surface area contributed by atoms with Crippen molar-refractivity contribution in [3.8, 4) is 11.5 Å². The molecule has 2 aromatic heterocycles. The van der Waals surface area contributed by atoms with E-state index in [9.17, 15) is 0 Å². The average molecular weight is 192 g/mol. The first-order chi connectivity index (χ1) is 6.40. The molecule has 2 heterocycles. The lowest BCUT2D eigenvalue weighted by atomic mass is 10.3. The zero-order chi connectivity index (χ0) is 9.10. The summed E-state index contributed by atoms with van der Waals surface area (Å²) in [5, 5.41) is 0.758. The molecule has 0 spiro atoms. The van der Waals surface area contributed by atoms with E-state index in [1.807, 2.05) is 24.5 Å². The van der Waals surface area contributed by atoms with Crippen molar-refractivity contribution in [2.24, 2.45) is 0 Å². The van der Waals surface area contributed by atoms with Crippen LogP contribution in [0.2, 0.25) is 0 Å². The van der Waals surface area contributed by atoms with Gasteiger partial charge in [0.05, 0.1) is 6.26 Å². The Labute approximate surface area is 80.2 Å². The molecule has 0 aliphatic carbocycles. The van der Waals surface area contributed by atoms with Crippen LogP contribution in [-0.4, -0.2) is 16.2 Å². The Morgan fingerprint density at radius 3 is 3.00 bits per heavy atom. The van der Waals surface area contributed by atoms with Gasteiger partial charge in [0, 0.05) is 6.20 Å². The molecule has 13 heavy (non-hydrogen) atoms. The van der Waals surface area contributed by atoms with E-state index in [-0.39, 0.29) is 0 Å². The first kappa shape index (κ1) is 8.31. The summed E-state index contributed by atoms with van der Waals surface area (Å²) in [7, 11) is 0. The van der Waals surface area contributed by atoms with Gasteiger partial charge in [-0.3, -0.25) is 0 Å². The van der Waals surface area contributed by atoms with Gasteiger partial charge in [-0.2, -0.15) is 0 Å². The van der Waals surface area contributed by atoms with Crippen molar-refractivity contribution in [1.29, 1.82) is 0 Å². The summed E-state index contributed by atoms with van der Waals surface area (Å²) >= 11 is 1.52. The lowest BCUT2D eigenvalue weighted by molar-refractivity contribution is 0.579. The number of nitrogens with zero attached hydrogens (tertiary/aromatic N) is 2. The molecule has 0 amide bonds. The van der Waals surface area contributed by atoms with Gasteiger partial charge in [-0.05, 0) is 24.5 Å². The van der Waals surface area contributed by atoms with Gasteiger partial charge in [0.15, 0.2) is 10.9 Å². The van der Waals surface area contributed by atoms with Gasteiger partial charge in [0.25, 0.3) is 0 Å². The molecule has 0 aliphatic rings. The van der Waals surface area contributed by atoms with Crippen LogP contribution in [0.15, 0.2) is 40.2 Å². The van der Waals surface area contributed by atoms with E-state index in [1.54, 1.807) is 12.5 Å². The van der Waals surface area contributed by atoms with Gasteiger partial charge in [-0.1, -0.05) is 11.8 Å². The fraction of sp³-hybridized carbons (Fsp3) is 0.111. The minimum Gasteiger partial charge on any atom is -0.463 e. The first-order valence-electron chi connectivity index (χ1n) is 3.81. The van der Waals surface area contributed by atoms with Crippen molar-refractivity contribution in [3.63, 3.8) is 0 Å². The van der Waals surface area contributed by atoms with Crippen LogP contribution in [0, 0.1) is 0 Å². The van der Waals surface area contributed by atoms with Gasteiger partial charge < -0.3 is 4.42 Å². The maximum absolute atomic E-state index is 5.22. The van der Waals surface area contributed by atoms with Crippen LogP contribution in [0.25, 0.3) is 11.5 Å². The molecule has 0 saturated carbocycles. The van der Waals surface area contributed by atoms with Crippen molar-refractivity contribution < 1.29 is 4.42 Å². The molecular formula is C9H8N2OS. The lowest BCUT2D eigenvalue weighted by Crippen LogP contribution is -1.86. The molecule has 0 radical (unpaired) electrons. The first-order valence-corrected chi connectivity index (χ1v) is 5.03. The Bertz CT molecular complexity index is 386. The smallest absolute Gasteiger partial charge is 0.187 e. The second-order valence-electron chi connectivity index (χ2n) is 2.41. The van der Waals surface area contributed by atoms with Crippen LogP contribution in [0.3, 0.4) is 0 Å². The van der Waals surface area contributed by atoms with Crippen molar-refractivity contribution in [1.82, 2.24) is 9.97 Å². The number of aromatic nitrogens is 2. The normalized spacial score (nSPS) is 10.2. The summed E-state index contributed by atoms with van der Waals surface area (Å²) in [5.41, 5.74) is 0.823. The van der Waals surface area contributed by atoms with Crippen LogP contribution >= 0.6 is 11.8 Å². The summed E-state index contributed by atoms with van der Waals surface area (Å²) in [6, 6.07) is 5.56. The van der Waals surface area contributed by atoms with Gasteiger partial charge in [0.2, 0.25) is 0 Å². The zero-order valence-corrected chi connectivity index (χ0v) is 7.91. The highest BCUT2D eigenvalue weighted by Crippen LogP contribution is 2.18. The van der Waals surface area contributed by atoms with Crippen molar-refractivity contribution >= 4 is 11.8 Å². The predicted octanol–water partition coefficient (Wildman–Crippen LogP) is 2.46. The number of rotatable bonds is 2. The third-order valence-corrected chi connectivity index (χ3v) is 2.15. The van der Waals surface area contributed by atoms with Crippen molar-refractivity contribution in [3.05, 3.63) is 30.7 Å². The highest BCUT2D eigenvalue weighted by Gasteiger charge is 2.02. The number of thioether (sulfide) groups is 1. The van der Waals surface area contributed by atoms with Crippen LogP contribution in [0.1, 0.15) is 0 Å². The SMILES string of the molecule is CSc1nccc(-c2ccco2)n1. The minimum absolute atomic E-state index is 0.758. The minimum atomic E-state index is 0.758. The van der Waals surface area contributed by atoms with Gasteiger partial charge in [-0.25, -0.2) is 9.97 Å². The maximum Gasteiger partial charge on any atom is 0.187 e. The quantitative estimate of drug-likeness (QED) is 0.541. The monoisotopic (exact) mass is 192 g/mol. The highest BCUT2D eigenvalue weighted by atomic mass is 32.2.